The number of carbonyl (C=O) groups excluding carboxylic acids is 1. The Morgan fingerprint density at radius 3 is 2.69 bits per heavy atom. The zero-order valence-corrected chi connectivity index (χ0v) is 7.73. The molecule has 0 fully saturated rings. The second-order valence-corrected chi connectivity index (χ2v) is 2.74. The lowest BCUT2D eigenvalue weighted by Gasteiger charge is -2.02. The average molecular weight is 181 g/mol. The molecule has 1 aromatic carbocycles. The fourth-order valence-electron chi connectivity index (χ4n) is 1.12. The summed E-state index contributed by atoms with van der Waals surface area (Å²) in [5.41, 5.74) is 0.991. The third-order valence-corrected chi connectivity index (χ3v) is 1.92. The summed E-state index contributed by atoms with van der Waals surface area (Å²) in [5, 5.41) is 2.44. The molecule has 1 rings (SSSR count). The second-order valence-electron chi connectivity index (χ2n) is 2.74. The van der Waals surface area contributed by atoms with E-state index in [1.165, 1.54) is 13.1 Å². The molecule has 13 heavy (non-hydrogen) atoms. The maximum Gasteiger partial charge on any atom is 0.251 e. The first-order chi connectivity index (χ1) is 6.19. The van der Waals surface area contributed by atoms with Crippen molar-refractivity contribution in [1.82, 2.24) is 5.32 Å². The average Bonchev–Trinajstić information content (AvgIpc) is 2.16. The Morgan fingerprint density at radius 1 is 1.54 bits per heavy atom. The van der Waals surface area contributed by atoms with Crippen molar-refractivity contribution >= 4 is 5.91 Å². The van der Waals surface area contributed by atoms with Gasteiger partial charge in [-0.1, -0.05) is 13.0 Å². The summed E-state index contributed by atoms with van der Waals surface area (Å²) < 4.78 is 13.2. The van der Waals surface area contributed by atoms with Gasteiger partial charge in [-0.2, -0.15) is 0 Å². The van der Waals surface area contributed by atoms with Crippen molar-refractivity contribution in [3.05, 3.63) is 35.1 Å². The molecule has 0 aliphatic carbocycles. The third-order valence-electron chi connectivity index (χ3n) is 1.92. The molecule has 0 saturated heterocycles. The van der Waals surface area contributed by atoms with Gasteiger partial charge in [0.2, 0.25) is 0 Å². The lowest BCUT2D eigenvalue weighted by Crippen LogP contribution is -2.17. The predicted octanol–water partition coefficient (Wildman–Crippen LogP) is 1.75. The van der Waals surface area contributed by atoms with Crippen molar-refractivity contribution in [2.24, 2.45) is 0 Å². The van der Waals surface area contributed by atoms with E-state index in [9.17, 15) is 9.18 Å². The largest absolute Gasteiger partial charge is 0.355 e. The molecule has 0 unspecified atom stereocenters. The molecule has 2 nitrogen and oxygen atoms in total. The van der Waals surface area contributed by atoms with Gasteiger partial charge in [0.1, 0.15) is 5.82 Å². The fraction of sp³-hybridized carbons (Fsp3) is 0.300. The van der Waals surface area contributed by atoms with Gasteiger partial charge in [0, 0.05) is 12.6 Å². The monoisotopic (exact) mass is 181 g/mol. The summed E-state index contributed by atoms with van der Waals surface area (Å²) in [6, 6.07) is 4.53. The molecule has 1 amide bonds. The number of hydrogen-bond acceptors (Lipinski definition) is 1. The lowest BCUT2D eigenvalue weighted by atomic mass is 10.1. The molecule has 0 heterocycles. The Labute approximate surface area is 76.8 Å². The van der Waals surface area contributed by atoms with Gasteiger partial charge in [-0.15, -0.1) is 0 Å². The molecule has 0 aromatic heterocycles. The zero-order valence-electron chi connectivity index (χ0n) is 7.73. The van der Waals surface area contributed by atoms with Crippen LogP contribution >= 0.6 is 0 Å². The second kappa shape index (κ2) is 4.03. The molecule has 0 atom stereocenters. The molecular formula is C10H12FNO. The van der Waals surface area contributed by atoms with Gasteiger partial charge in [-0.25, -0.2) is 4.39 Å². The standard InChI is InChI=1S/C10H12FNO/c1-3-7-4-5-8(6-9(7)11)10(13)12-2/h4-6H,3H2,1-2H3,(H,12,13). The molecule has 0 bridgehead atoms. The van der Waals surface area contributed by atoms with Crippen LogP contribution in [0.5, 0.6) is 0 Å². The van der Waals surface area contributed by atoms with Crippen LogP contribution in [0.25, 0.3) is 0 Å². The highest BCUT2D eigenvalue weighted by molar-refractivity contribution is 5.93. The highest BCUT2D eigenvalue weighted by atomic mass is 19.1. The topological polar surface area (TPSA) is 29.1 Å². The van der Waals surface area contributed by atoms with Gasteiger partial charge < -0.3 is 5.32 Å². The smallest absolute Gasteiger partial charge is 0.251 e. The molecule has 3 heteroatoms. The molecule has 1 N–H and O–H groups in total. The van der Waals surface area contributed by atoms with Gasteiger partial charge in [0.05, 0.1) is 0 Å². The van der Waals surface area contributed by atoms with Crippen LogP contribution in [0.4, 0.5) is 4.39 Å². The molecule has 0 radical (unpaired) electrons. The Balaban J connectivity index is 3.02. The normalized spacial score (nSPS) is 9.77. The fourth-order valence-corrected chi connectivity index (χ4v) is 1.12. The van der Waals surface area contributed by atoms with Crippen molar-refractivity contribution in [1.29, 1.82) is 0 Å². The van der Waals surface area contributed by atoms with E-state index in [0.717, 1.165) is 0 Å². The van der Waals surface area contributed by atoms with E-state index in [2.05, 4.69) is 5.32 Å². The minimum Gasteiger partial charge on any atom is -0.355 e. The summed E-state index contributed by atoms with van der Waals surface area (Å²) in [6.07, 6.45) is 0.639. The minimum absolute atomic E-state index is 0.262. The van der Waals surface area contributed by atoms with E-state index in [1.54, 1.807) is 12.1 Å². The van der Waals surface area contributed by atoms with Crippen molar-refractivity contribution in [2.75, 3.05) is 7.05 Å². The number of carbonyl (C=O) groups is 1. The van der Waals surface area contributed by atoms with E-state index in [4.69, 9.17) is 0 Å². The van der Waals surface area contributed by atoms with Crippen LogP contribution in [0.15, 0.2) is 18.2 Å². The number of benzene rings is 1. The molecule has 0 saturated carbocycles. The van der Waals surface area contributed by atoms with Gasteiger partial charge in [-0.3, -0.25) is 4.79 Å². The van der Waals surface area contributed by atoms with Crippen molar-refractivity contribution < 1.29 is 9.18 Å². The maximum absolute atomic E-state index is 13.2. The maximum atomic E-state index is 13.2. The Hall–Kier alpha value is -1.38. The number of hydrogen-bond donors (Lipinski definition) is 1. The molecule has 0 aliphatic heterocycles. The molecule has 0 spiro atoms. The SMILES string of the molecule is CCc1ccc(C(=O)NC)cc1F. The first-order valence-electron chi connectivity index (χ1n) is 4.19. The molecule has 0 aliphatic rings. The summed E-state index contributed by atoms with van der Waals surface area (Å²) in [6.45, 7) is 1.87. The minimum atomic E-state index is -0.316. The molecule has 1 aromatic rings. The van der Waals surface area contributed by atoms with Gasteiger partial charge in [0.15, 0.2) is 0 Å². The summed E-state index contributed by atoms with van der Waals surface area (Å²) >= 11 is 0. The van der Waals surface area contributed by atoms with E-state index in [1.807, 2.05) is 6.92 Å². The van der Waals surface area contributed by atoms with Crippen LogP contribution in [-0.2, 0) is 6.42 Å². The van der Waals surface area contributed by atoms with Crippen molar-refractivity contribution in [3.8, 4) is 0 Å². The summed E-state index contributed by atoms with van der Waals surface area (Å²) in [5.74, 6) is -0.579. The number of halogens is 1. The van der Waals surface area contributed by atoms with E-state index < -0.39 is 0 Å². The van der Waals surface area contributed by atoms with Crippen molar-refractivity contribution in [3.63, 3.8) is 0 Å². The van der Waals surface area contributed by atoms with E-state index in [0.29, 0.717) is 17.5 Å². The quantitative estimate of drug-likeness (QED) is 0.739. The van der Waals surface area contributed by atoms with Crippen LogP contribution in [0, 0.1) is 5.82 Å². The third kappa shape index (κ3) is 2.05. The van der Waals surface area contributed by atoms with Gasteiger partial charge >= 0.3 is 0 Å². The Bertz CT molecular complexity index is 323. The zero-order chi connectivity index (χ0) is 9.84. The predicted molar refractivity (Wildman–Crippen MR) is 49.2 cm³/mol. The van der Waals surface area contributed by atoms with Crippen LogP contribution < -0.4 is 5.32 Å². The first kappa shape index (κ1) is 9.71. The number of aryl methyl sites for hydroxylation is 1. The molecule has 70 valence electrons. The number of rotatable bonds is 2. The van der Waals surface area contributed by atoms with E-state index in [-0.39, 0.29) is 11.7 Å². The van der Waals surface area contributed by atoms with Crippen LogP contribution in [-0.4, -0.2) is 13.0 Å². The molecular weight excluding hydrogens is 169 g/mol. The Kier molecular flexibility index (Phi) is 3.01. The van der Waals surface area contributed by atoms with Gasteiger partial charge in [-0.05, 0) is 24.1 Å². The highest BCUT2D eigenvalue weighted by Crippen LogP contribution is 2.10. The van der Waals surface area contributed by atoms with E-state index >= 15 is 0 Å². The van der Waals surface area contributed by atoms with Crippen molar-refractivity contribution in [2.45, 2.75) is 13.3 Å². The summed E-state index contributed by atoms with van der Waals surface area (Å²) in [7, 11) is 1.52. The summed E-state index contributed by atoms with van der Waals surface area (Å²) in [4.78, 5) is 11.1. The highest BCUT2D eigenvalue weighted by Gasteiger charge is 2.06. The number of nitrogens with one attached hydrogen (secondary N) is 1. The van der Waals surface area contributed by atoms with Crippen LogP contribution in [0.2, 0.25) is 0 Å². The Morgan fingerprint density at radius 2 is 2.23 bits per heavy atom. The van der Waals surface area contributed by atoms with Crippen LogP contribution in [0.3, 0.4) is 0 Å². The van der Waals surface area contributed by atoms with Crippen LogP contribution in [0.1, 0.15) is 22.8 Å². The lowest BCUT2D eigenvalue weighted by molar-refractivity contribution is 0.0962. The number of amides is 1. The van der Waals surface area contributed by atoms with Gasteiger partial charge in [0.25, 0.3) is 5.91 Å². The first-order valence-corrected chi connectivity index (χ1v) is 4.19.